The van der Waals surface area contributed by atoms with E-state index in [4.69, 9.17) is 21.1 Å². The fraction of sp³-hybridized carbons (Fsp3) is 0.455. The molecule has 0 saturated carbocycles. The standard InChI is InChI=1S/C11H15ClO2/c1-11(13-2,14-3)8-9-4-6-10(12)7-5-9/h4-7H,8H2,1-3H3. The van der Waals surface area contributed by atoms with Gasteiger partial charge in [-0.15, -0.1) is 0 Å². The Morgan fingerprint density at radius 1 is 1.14 bits per heavy atom. The molecule has 0 spiro atoms. The minimum atomic E-state index is -0.562. The lowest BCUT2D eigenvalue weighted by molar-refractivity contribution is -0.191. The largest absolute Gasteiger partial charge is 0.353 e. The molecule has 3 heteroatoms. The Labute approximate surface area is 89.8 Å². The molecule has 0 saturated heterocycles. The van der Waals surface area contributed by atoms with Crippen molar-refractivity contribution in [1.29, 1.82) is 0 Å². The van der Waals surface area contributed by atoms with Crippen molar-refractivity contribution in [2.75, 3.05) is 14.2 Å². The molecule has 1 rings (SSSR count). The fourth-order valence-electron chi connectivity index (χ4n) is 1.20. The maximum Gasteiger partial charge on any atom is 0.168 e. The first-order valence-corrected chi connectivity index (χ1v) is 4.82. The van der Waals surface area contributed by atoms with Crippen LogP contribution in [0.5, 0.6) is 0 Å². The Hall–Kier alpha value is -0.570. The van der Waals surface area contributed by atoms with E-state index in [1.807, 2.05) is 31.2 Å². The van der Waals surface area contributed by atoms with E-state index < -0.39 is 5.79 Å². The van der Waals surface area contributed by atoms with Gasteiger partial charge in [-0.25, -0.2) is 0 Å². The molecule has 0 heterocycles. The van der Waals surface area contributed by atoms with Crippen molar-refractivity contribution in [2.24, 2.45) is 0 Å². The molecule has 0 amide bonds. The van der Waals surface area contributed by atoms with E-state index in [9.17, 15) is 0 Å². The summed E-state index contributed by atoms with van der Waals surface area (Å²) in [5.41, 5.74) is 1.14. The van der Waals surface area contributed by atoms with Crippen LogP contribution in [-0.4, -0.2) is 20.0 Å². The second-order valence-corrected chi connectivity index (χ2v) is 3.78. The SMILES string of the molecule is COC(C)(Cc1ccc(Cl)cc1)OC. The second-order valence-electron chi connectivity index (χ2n) is 3.35. The Morgan fingerprint density at radius 2 is 1.64 bits per heavy atom. The van der Waals surface area contributed by atoms with Gasteiger partial charge < -0.3 is 9.47 Å². The zero-order valence-corrected chi connectivity index (χ0v) is 9.47. The summed E-state index contributed by atoms with van der Waals surface area (Å²) in [7, 11) is 3.28. The van der Waals surface area contributed by atoms with Crippen molar-refractivity contribution in [1.82, 2.24) is 0 Å². The summed E-state index contributed by atoms with van der Waals surface area (Å²) in [5.74, 6) is -0.562. The van der Waals surface area contributed by atoms with Crippen molar-refractivity contribution in [3.8, 4) is 0 Å². The number of ether oxygens (including phenoxy) is 2. The van der Waals surface area contributed by atoms with Gasteiger partial charge in [0.1, 0.15) is 0 Å². The van der Waals surface area contributed by atoms with Gasteiger partial charge in [0.2, 0.25) is 0 Å². The van der Waals surface area contributed by atoms with E-state index in [1.54, 1.807) is 14.2 Å². The number of benzene rings is 1. The topological polar surface area (TPSA) is 18.5 Å². The number of rotatable bonds is 4. The number of methoxy groups -OCH3 is 2. The zero-order chi connectivity index (χ0) is 10.6. The van der Waals surface area contributed by atoms with Crippen LogP contribution >= 0.6 is 11.6 Å². The number of hydrogen-bond acceptors (Lipinski definition) is 2. The average molecular weight is 215 g/mol. The van der Waals surface area contributed by atoms with Gasteiger partial charge in [-0.1, -0.05) is 23.7 Å². The first-order valence-electron chi connectivity index (χ1n) is 4.44. The molecule has 0 N–H and O–H groups in total. The molecule has 1 aromatic rings. The van der Waals surface area contributed by atoms with Gasteiger partial charge in [0, 0.05) is 25.7 Å². The zero-order valence-electron chi connectivity index (χ0n) is 8.71. The van der Waals surface area contributed by atoms with Crippen molar-refractivity contribution in [2.45, 2.75) is 19.1 Å². The molecule has 0 atom stereocenters. The molecular weight excluding hydrogens is 200 g/mol. The Morgan fingerprint density at radius 3 is 2.07 bits per heavy atom. The van der Waals surface area contributed by atoms with Crippen LogP contribution in [0.3, 0.4) is 0 Å². The van der Waals surface area contributed by atoms with E-state index in [0.717, 1.165) is 10.6 Å². The van der Waals surface area contributed by atoms with Crippen molar-refractivity contribution in [3.63, 3.8) is 0 Å². The minimum absolute atomic E-state index is 0.562. The maximum atomic E-state index is 5.79. The van der Waals surface area contributed by atoms with Crippen LogP contribution in [0.2, 0.25) is 5.02 Å². The van der Waals surface area contributed by atoms with Crippen LogP contribution in [0.1, 0.15) is 12.5 Å². The molecule has 0 fully saturated rings. The van der Waals surface area contributed by atoms with Gasteiger partial charge in [0.05, 0.1) is 0 Å². The van der Waals surface area contributed by atoms with Gasteiger partial charge in [0.15, 0.2) is 5.79 Å². The molecule has 0 aromatic heterocycles. The summed E-state index contributed by atoms with van der Waals surface area (Å²) in [5, 5.41) is 0.741. The minimum Gasteiger partial charge on any atom is -0.353 e. The lowest BCUT2D eigenvalue weighted by Gasteiger charge is -2.26. The third kappa shape index (κ3) is 2.98. The second kappa shape index (κ2) is 4.78. The third-order valence-electron chi connectivity index (χ3n) is 2.30. The Kier molecular flexibility index (Phi) is 3.93. The van der Waals surface area contributed by atoms with Crippen LogP contribution in [0.4, 0.5) is 0 Å². The first kappa shape index (κ1) is 11.5. The monoisotopic (exact) mass is 214 g/mol. The van der Waals surface area contributed by atoms with E-state index in [2.05, 4.69) is 0 Å². The van der Waals surface area contributed by atoms with E-state index in [1.165, 1.54) is 0 Å². The van der Waals surface area contributed by atoms with E-state index in [0.29, 0.717) is 6.42 Å². The van der Waals surface area contributed by atoms with Gasteiger partial charge in [-0.3, -0.25) is 0 Å². The Bertz CT molecular complexity index is 278. The molecule has 0 aliphatic carbocycles. The predicted octanol–water partition coefficient (Wildman–Crippen LogP) is 2.89. The van der Waals surface area contributed by atoms with Crippen molar-refractivity contribution < 1.29 is 9.47 Å². The van der Waals surface area contributed by atoms with Crippen LogP contribution < -0.4 is 0 Å². The van der Waals surface area contributed by atoms with Gasteiger partial charge in [-0.2, -0.15) is 0 Å². The molecule has 0 radical (unpaired) electrons. The molecule has 14 heavy (non-hydrogen) atoms. The lowest BCUT2D eigenvalue weighted by Crippen LogP contribution is -2.32. The predicted molar refractivity (Wildman–Crippen MR) is 57.6 cm³/mol. The fourth-order valence-corrected chi connectivity index (χ4v) is 1.33. The third-order valence-corrected chi connectivity index (χ3v) is 2.55. The summed E-state index contributed by atoms with van der Waals surface area (Å²) >= 11 is 5.79. The highest BCUT2D eigenvalue weighted by atomic mass is 35.5. The highest BCUT2D eigenvalue weighted by Gasteiger charge is 2.22. The first-order chi connectivity index (χ1) is 6.59. The molecule has 78 valence electrons. The molecule has 0 aliphatic rings. The summed E-state index contributed by atoms with van der Waals surface area (Å²) in [4.78, 5) is 0. The normalized spacial score (nSPS) is 11.7. The maximum absolute atomic E-state index is 5.79. The van der Waals surface area contributed by atoms with E-state index in [-0.39, 0.29) is 0 Å². The summed E-state index contributed by atoms with van der Waals surface area (Å²) in [6.07, 6.45) is 0.706. The van der Waals surface area contributed by atoms with Crippen LogP contribution in [0.15, 0.2) is 24.3 Å². The highest BCUT2D eigenvalue weighted by Crippen LogP contribution is 2.19. The quantitative estimate of drug-likeness (QED) is 0.718. The summed E-state index contributed by atoms with van der Waals surface area (Å²) in [6, 6.07) is 7.67. The van der Waals surface area contributed by atoms with Crippen LogP contribution in [0, 0.1) is 0 Å². The Balaban J connectivity index is 2.72. The molecular formula is C11H15ClO2. The van der Waals surface area contributed by atoms with Gasteiger partial charge >= 0.3 is 0 Å². The molecule has 0 aliphatic heterocycles. The summed E-state index contributed by atoms with van der Waals surface area (Å²) in [6.45, 7) is 1.90. The molecule has 1 aromatic carbocycles. The van der Waals surface area contributed by atoms with Crippen LogP contribution in [-0.2, 0) is 15.9 Å². The number of hydrogen-bond donors (Lipinski definition) is 0. The smallest absolute Gasteiger partial charge is 0.168 e. The molecule has 0 unspecified atom stereocenters. The average Bonchev–Trinajstić information content (AvgIpc) is 2.21. The summed E-state index contributed by atoms with van der Waals surface area (Å²) < 4.78 is 10.5. The number of halogens is 1. The van der Waals surface area contributed by atoms with Crippen molar-refractivity contribution >= 4 is 11.6 Å². The van der Waals surface area contributed by atoms with Crippen LogP contribution in [0.25, 0.3) is 0 Å². The lowest BCUT2D eigenvalue weighted by atomic mass is 10.1. The molecule has 0 bridgehead atoms. The van der Waals surface area contributed by atoms with Gasteiger partial charge in [0.25, 0.3) is 0 Å². The molecule has 2 nitrogen and oxygen atoms in total. The highest BCUT2D eigenvalue weighted by molar-refractivity contribution is 6.30. The van der Waals surface area contributed by atoms with Gasteiger partial charge in [-0.05, 0) is 24.6 Å². The van der Waals surface area contributed by atoms with Crippen molar-refractivity contribution in [3.05, 3.63) is 34.9 Å². The van der Waals surface area contributed by atoms with E-state index >= 15 is 0 Å².